The number of carbonyl (C=O) groups excluding carboxylic acids is 1. The van der Waals surface area contributed by atoms with Crippen molar-refractivity contribution in [1.82, 2.24) is 19.7 Å². The van der Waals surface area contributed by atoms with Crippen LogP contribution in [0.25, 0.3) is 0 Å². The lowest BCUT2D eigenvalue weighted by Crippen LogP contribution is -2.14. The molecule has 2 N–H and O–H groups in total. The Morgan fingerprint density at radius 1 is 1.50 bits per heavy atom. The Bertz CT molecular complexity index is 512. The molecule has 0 unspecified atom stereocenters. The first-order chi connectivity index (χ1) is 7.59. The summed E-state index contributed by atoms with van der Waals surface area (Å²) in [6, 6.07) is 0. The summed E-state index contributed by atoms with van der Waals surface area (Å²) in [6.45, 7) is 3.67. The Hall–Kier alpha value is -2.11. The zero-order valence-electron chi connectivity index (χ0n) is 9.40. The Labute approximate surface area is 92.7 Å². The van der Waals surface area contributed by atoms with E-state index in [1.807, 2.05) is 20.9 Å². The highest BCUT2D eigenvalue weighted by atomic mass is 16.1. The molecule has 0 aliphatic heterocycles. The summed E-state index contributed by atoms with van der Waals surface area (Å²) >= 11 is 0. The molecular weight excluding hydrogens is 206 g/mol. The first-order valence-corrected chi connectivity index (χ1v) is 4.90. The van der Waals surface area contributed by atoms with E-state index in [1.54, 1.807) is 17.1 Å². The van der Waals surface area contributed by atoms with Gasteiger partial charge in [-0.1, -0.05) is 0 Å². The number of hydrogen-bond acceptors (Lipinski definition) is 3. The number of aromatic nitrogens is 4. The predicted octanol–water partition coefficient (Wildman–Crippen LogP) is 1.01. The van der Waals surface area contributed by atoms with Crippen molar-refractivity contribution in [1.29, 1.82) is 0 Å². The molecule has 2 rings (SSSR count). The summed E-state index contributed by atoms with van der Waals surface area (Å²) in [5.74, 6) is 0.241. The summed E-state index contributed by atoms with van der Waals surface area (Å²) < 4.78 is 1.69. The third-order valence-electron chi connectivity index (χ3n) is 2.47. The van der Waals surface area contributed by atoms with Crippen molar-refractivity contribution < 1.29 is 4.79 Å². The first-order valence-electron chi connectivity index (χ1n) is 4.90. The maximum absolute atomic E-state index is 11.9. The topological polar surface area (TPSA) is 75.6 Å². The molecule has 6 heteroatoms. The van der Waals surface area contributed by atoms with Gasteiger partial charge in [-0.3, -0.25) is 14.8 Å². The molecule has 2 heterocycles. The third kappa shape index (κ3) is 1.69. The fourth-order valence-corrected chi connectivity index (χ4v) is 1.61. The zero-order chi connectivity index (χ0) is 11.7. The lowest BCUT2D eigenvalue weighted by atomic mass is 10.2. The molecule has 0 aliphatic carbocycles. The summed E-state index contributed by atoms with van der Waals surface area (Å²) in [5.41, 5.74) is 2.14. The number of anilines is 1. The van der Waals surface area contributed by atoms with Crippen LogP contribution in [0.2, 0.25) is 0 Å². The molecule has 0 atom stereocenters. The SMILES string of the molecule is Cc1nn(C)c(C)c1C(=O)Nc1ncc[nH]1. The maximum atomic E-state index is 11.9. The average Bonchev–Trinajstić information content (AvgIpc) is 2.77. The smallest absolute Gasteiger partial charge is 0.261 e. The van der Waals surface area contributed by atoms with Crippen molar-refractivity contribution in [3.05, 3.63) is 29.3 Å². The van der Waals surface area contributed by atoms with E-state index < -0.39 is 0 Å². The van der Waals surface area contributed by atoms with Crippen LogP contribution in [-0.4, -0.2) is 25.7 Å². The number of nitrogens with zero attached hydrogens (tertiary/aromatic N) is 3. The molecule has 2 aromatic rings. The van der Waals surface area contributed by atoms with Gasteiger partial charge in [-0.05, 0) is 13.8 Å². The number of hydrogen-bond donors (Lipinski definition) is 2. The van der Waals surface area contributed by atoms with E-state index in [-0.39, 0.29) is 5.91 Å². The number of imidazole rings is 1. The van der Waals surface area contributed by atoms with Gasteiger partial charge in [0, 0.05) is 25.1 Å². The zero-order valence-corrected chi connectivity index (χ0v) is 9.40. The second kappa shape index (κ2) is 3.80. The van der Waals surface area contributed by atoms with Crippen molar-refractivity contribution in [2.24, 2.45) is 7.05 Å². The molecule has 1 amide bonds. The van der Waals surface area contributed by atoms with Gasteiger partial charge >= 0.3 is 0 Å². The standard InChI is InChI=1S/C10H13N5O/c1-6-8(7(2)15(3)14-6)9(16)13-10-11-4-5-12-10/h4-5H,1-3H3,(H2,11,12,13,16). The van der Waals surface area contributed by atoms with Gasteiger partial charge in [0.1, 0.15) is 0 Å². The Morgan fingerprint density at radius 3 is 2.75 bits per heavy atom. The van der Waals surface area contributed by atoms with Crippen molar-refractivity contribution in [2.75, 3.05) is 5.32 Å². The van der Waals surface area contributed by atoms with Gasteiger partial charge in [0.25, 0.3) is 5.91 Å². The largest absolute Gasteiger partial charge is 0.331 e. The molecule has 0 saturated heterocycles. The van der Waals surface area contributed by atoms with Gasteiger partial charge in [0.05, 0.1) is 11.3 Å². The molecule has 2 aromatic heterocycles. The summed E-state index contributed by atoms with van der Waals surface area (Å²) in [6.07, 6.45) is 3.23. The summed E-state index contributed by atoms with van der Waals surface area (Å²) in [4.78, 5) is 18.7. The van der Waals surface area contributed by atoms with Crippen LogP contribution in [0.15, 0.2) is 12.4 Å². The maximum Gasteiger partial charge on any atom is 0.261 e. The van der Waals surface area contributed by atoms with Gasteiger partial charge in [-0.25, -0.2) is 4.98 Å². The van der Waals surface area contributed by atoms with Crippen molar-refractivity contribution in [3.63, 3.8) is 0 Å². The minimum Gasteiger partial charge on any atom is -0.331 e. The van der Waals surface area contributed by atoms with Crippen LogP contribution >= 0.6 is 0 Å². The number of carbonyl (C=O) groups is 1. The molecule has 0 fully saturated rings. The number of aromatic amines is 1. The molecule has 0 aliphatic rings. The van der Waals surface area contributed by atoms with Crippen LogP contribution in [0.3, 0.4) is 0 Å². The van der Waals surface area contributed by atoms with E-state index in [2.05, 4.69) is 20.4 Å². The highest BCUT2D eigenvalue weighted by molar-refractivity contribution is 6.04. The van der Waals surface area contributed by atoms with Gasteiger partial charge < -0.3 is 4.98 Å². The second-order valence-corrected chi connectivity index (χ2v) is 3.56. The molecular formula is C10H13N5O. The van der Waals surface area contributed by atoms with Crippen molar-refractivity contribution in [3.8, 4) is 0 Å². The van der Waals surface area contributed by atoms with E-state index in [4.69, 9.17) is 0 Å². The van der Waals surface area contributed by atoms with Crippen LogP contribution < -0.4 is 5.32 Å². The molecule has 16 heavy (non-hydrogen) atoms. The fourth-order valence-electron chi connectivity index (χ4n) is 1.61. The summed E-state index contributed by atoms with van der Waals surface area (Å²) in [5, 5.41) is 6.86. The minimum atomic E-state index is -0.196. The normalized spacial score (nSPS) is 10.4. The second-order valence-electron chi connectivity index (χ2n) is 3.56. The van der Waals surface area contributed by atoms with E-state index in [0.29, 0.717) is 17.2 Å². The quantitative estimate of drug-likeness (QED) is 0.791. The van der Waals surface area contributed by atoms with E-state index in [1.165, 1.54) is 0 Å². The highest BCUT2D eigenvalue weighted by Gasteiger charge is 2.17. The number of aryl methyl sites for hydroxylation is 2. The molecule has 0 saturated carbocycles. The molecule has 6 nitrogen and oxygen atoms in total. The lowest BCUT2D eigenvalue weighted by molar-refractivity contribution is 0.102. The van der Waals surface area contributed by atoms with Crippen molar-refractivity contribution in [2.45, 2.75) is 13.8 Å². The van der Waals surface area contributed by atoms with Gasteiger partial charge in [-0.2, -0.15) is 5.10 Å². The predicted molar refractivity (Wildman–Crippen MR) is 59.2 cm³/mol. The summed E-state index contributed by atoms with van der Waals surface area (Å²) in [7, 11) is 1.81. The molecule has 0 aromatic carbocycles. The van der Waals surface area contributed by atoms with Crippen LogP contribution in [0, 0.1) is 13.8 Å². The number of amides is 1. The van der Waals surface area contributed by atoms with E-state index in [9.17, 15) is 4.79 Å². The Balaban J connectivity index is 2.27. The fraction of sp³-hybridized carbons (Fsp3) is 0.300. The molecule has 0 bridgehead atoms. The number of H-pyrrole nitrogens is 1. The Kier molecular flexibility index (Phi) is 2.47. The number of rotatable bonds is 2. The minimum absolute atomic E-state index is 0.196. The van der Waals surface area contributed by atoms with E-state index >= 15 is 0 Å². The van der Waals surface area contributed by atoms with Crippen LogP contribution in [0.4, 0.5) is 5.95 Å². The van der Waals surface area contributed by atoms with Gasteiger partial charge in [0.15, 0.2) is 0 Å². The molecule has 84 valence electrons. The monoisotopic (exact) mass is 219 g/mol. The molecule has 0 radical (unpaired) electrons. The van der Waals surface area contributed by atoms with Crippen LogP contribution in [0.5, 0.6) is 0 Å². The molecule has 0 spiro atoms. The van der Waals surface area contributed by atoms with E-state index in [0.717, 1.165) is 5.69 Å². The van der Waals surface area contributed by atoms with Crippen molar-refractivity contribution >= 4 is 11.9 Å². The highest BCUT2D eigenvalue weighted by Crippen LogP contribution is 2.13. The average molecular weight is 219 g/mol. The van der Waals surface area contributed by atoms with Gasteiger partial charge in [0.2, 0.25) is 5.95 Å². The van der Waals surface area contributed by atoms with Crippen LogP contribution in [0.1, 0.15) is 21.7 Å². The van der Waals surface area contributed by atoms with Gasteiger partial charge in [-0.15, -0.1) is 0 Å². The third-order valence-corrected chi connectivity index (χ3v) is 2.47. The van der Waals surface area contributed by atoms with Crippen LogP contribution in [-0.2, 0) is 7.05 Å². The first kappa shape index (κ1) is 10.4. The Morgan fingerprint density at radius 2 is 2.25 bits per heavy atom. The number of nitrogens with one attached hydrogen (secondary N) is 2. The lowest BCUT2D eigenvalue weighted by Gasteiger charge is -2.01.